The molecular formula is C23H28ClFN6O4S. The molecule has 2 aliphatic heterocycles. The number of nitrogens with zero attached hydrogens (tertiary/aromatic N) is 5. The van der Waals surface area contributed by atoms with Crippen molar-refractivity contribution in [3.8, 4) is 11.3 Å². The van der Waals surface area contributed by atoms with Crippen LogP contribution in [-0.4, -0.2) is 73.9 Å². The SMILES string of the molecule is C[C@@H]1CCc2c(-c3nc(N[C@@H]4CCN(S(C)(=O)=O)C[C@H]4O)ncc3Cl)cc(F)c3nc([C@@H](C)O)n1c23. The second-order valence-electron chi connectivity index (χ2n) is 9.60. The average Bonchev–Trinajstić information content (AvgIpc) is 3.22. The number of hydrogen-bond acceptors (Lipinski definition) is 8. The maximum absolute atomic E-state index is 15.3. The number of rotatable bonds is 5. The molecule has 0 spiro atoms. The van der Waals surface area contributed by atoms with Crippen LogP contribution in [0.1, 0.15) is 50.2 Å². The molecule has 4 atom stereocenters. The maximum Gasteiger partial charge on any atom is 0.223 e. The fourth-order valence-corrected chi connectivity index (χ4v) is 6.22. The Morgan fingerprint density at radius 1 is 1.31 bits per heavy atom. The first-order valence-corrected chi connectivity index (χ1v) is 14.0. The van der Waals surface area contributed by atoms with Crippen LogP contribution < -0.4 is 5.32 Å². The molecule has 0 radical (unpaired) electrons. The lowest BCUT2D eigenvalue weighted by molar-refractivity contribution is 0.0950. The average molecular weight is 539 g/mol. The number of aromatic nitrogens is 4. The lowest BCUT2D eigenvalue weighted by atomic mass is 9.93. The molecule has 1 aromatic carbocycles. The first-order chi connectivity index (χ1) is 17.0. The summed E-state index contributed by atoms with van der Waals surface area (Å²) in [6.07, 6.45) is 2.51. The zero-order valence-corrected chi connectivity index (χ0v) is 21.7. The van der Waals surface area contributed by atoms with E-state index in [0.29, 0.717) is 35.4 Å². The highest BCUT2D eigenvalue weighted by Crippen LogP contribution is 2.41. The van der Waals surface area contributed by atoms with Crippen molar-refractivity contribution < 1.29 is 23.0 Å². The van der Waals surface area contributed by atoms with E-state index in [-0.39, 0.29) is 35.6 Å². The number of aliphatic hydroxyl groups excluding tert-OH is 2. The lowest BCUT2D eigenvalue weighted by Crippen LogP contribution is -2.51. The van der Waals surface area contributed by atoms with Crippen LogP contribution >= 0.6 is 11.6 Å². The summed E-state index contributed by atoms with van der Waals surface area (Å²) in [5, 5.41) is 24.1. The van der Waals surface area contributed by atoms with Crippen LogP contribution in [0.15, 0.2) is 12.3 Å². The summed E-state index contributed by atoms with van der Waals surface area (Å²) in [4.78, 5) is 13.2. The first-order valence-electron chi connectivity index (χ1n) is 11.8. The molecule has 0 aliphatic carbocycles. The molecule has 0 amide bonds. The third kappa shape index (κ3) is 4.34. The van der Waals surface area contributed by atoms with Crippen LogP contribution in [-0.2, 0) is 16.4 Å². The van der Waals surface area contributed by atoms with Crippen LogP contribution in [0.5, 0.6) is 0 Å². The van der Waals surface area contributed by atoms with E-state index in [4.69, 9.17) is 11.6 Å². The van der Waals surface area contributed by atoms with Crippen molar-refractivity contribution >= 4 is 38.6 Å². The Kier molecular flexibility index (Phi) is 6.44. The van der Waals surface area contributed by atoms with E-state index in [1.807, 2.05) is 11.5 Å². The monoisotopic (exact) mass is 538 g/mol. The highest BCUT2D eigenvalue weighted by molar-refractivity contribution is 7.88. The van der Waals surface area contributed by atoms with Crippen molar-refractivity contribution in [3.05, 3.63) is 34.5 Å². The fourth-order valence-electron chi connectivity index (χ4n) is 5.17. The van der Waals surface area contributed by atoms with E-state index in [1.54, 1.807) is 6.92 Å². The predicted molar refractivity (Wildman–Crippen MR) is 134 cm³/mol. The summed E-state index contributed by atoms with van der Waals surface area (Å²) in [6, 6.07) is 0.943. The first kappa shape index (κ1) is 25.3. The smallest absolute Gasteiger partial charge is 0.223 e. The Morgan fingerprint density at radius 3 is 2.72 bits per heavy atom. The molecule has 10 nitrogen and oxygen atoms in total. The van der Waals surface area contributed by atoms with Crippen molar-refractivity contribution in [3.63, 3.8) is 0 Å². The van der Waals surface area contributed by atoms with Crippen LogP contribution in [0.25, 0.3) is 22.3 Å². The van der Waals surface area contributed by atoms with Gasteiger partial charge in [0, 0.05) is 24.7 Å². The minimum Gasteiger partial charge on any atom is -0.390 e. The van der Waals surface area contributed by atoms with Gasteiger partial charge in [0.15, 0.2) is 5.82 Å². The molecule has 36 heavy (non-hydrogen) atoms. The van der Waals surface area contributed by atoms with E-state index < -0.39 is 34.1 Å². The third-order valence-corrected chi connectivity index (χ3v) is 8.55. The summed E-state index contributed by atoms with van der Waals surface area (Å²) in [5.74, 6) is 0.0765. The van der Waals surface area contributed by atoms with E-state index in [9.17, 15) is 18.6 Å². The number of β-amino-alcohol motifs (C(OH)–C–C–N with tert-alkyl or cyclic N) is 1. The maximum atomic E-state index is 15.3. The number of aryl methyl sites for hydroxylation is 1. The molecule has 194 valence electrons. The van der Waals surface area contributed by atoms with Gasteiger partial charge in [-0.15, -0.1) is 0 Å². The van der Waals surface area contributed by atoms with Crippen molar-refractivity contribution in [2.24, 2.45) is 0 Å². The van der Waals surface area contributed by atoms with Crippen molar-refractivity contribution in [1.29, 1.82) is 0 Å². The van der Waals surface area contributed by atoms with Gasteiger partial charge in [-0.25, -0.2) is 27.8 Å². The quantitative estimate of drug-likeness (QED) is 0.451. The number of halogens is 2. The number of hydrogen-bond donors (Lipinski definition) is 3. The molecule has 13 heteroatoms. The van der Waals surface area contributed by atoms with Crippen molar-refractivity contribution in [2.75, 3.05) is 24.7 Å². The number of piperidine rings is 1. The Labute approximate surface area is 213 Å². The largest absolute Gasteiger partial charge is 0.390 e. The van der Waals surface area contributed by atoms with Crippen LogP contribution in [0, 0.1) is 5.82 Å². The lowest BCUT2D eigenvalue weighted by Gasteiger charge is -2.34. The molecule has 2 aliphatic rings. The Morgan fingerprint density at radius 2 is 2.06 bits per heavy atom. The zero-order valence-electron chi connectivity index (χ0n) is 20.1. The summed E-state index contributed by atoms with van der Waals surface area (Å²) in [6.45, 7) is 3.85. The van der Waals surface area contributed by atoms with Gasteiger partial charge in [0.1, 0.15) is 17.4 Å². The van der Waals surface area contributed by atoms with Crippen LogP contribution in [0.2, 0.25) is 5.02 Å². The van der Waals surface area contributed by atoms with E-state index in [1.165, 1.54) is 16.6 Å². The zero-order chi connectivity index (χ0) is 25.9. The van der Waals surface area contributed by atoms with Gasteiger partial charge in [-0.2, -0.15) is 4.31 Å². The van der Waals surface area contributed by atoms with Crippen molar-refractivity contribution in [1.82, 2.24) is 23.8 Å². The Hall–Kier alpha value is -2.38. The highest BCUT2D eigenvalue weighted by Gasteiger charge is 2.33. The molecule has 3 N–H and O–H groups in total. The Balaban J connectivity index is 1.53. The molecule has 0 unspecified atom stereocenters. The van der Waals surface area contributed by atoms with E-state index in [0.717, 1.165) is 18.2 Å². The number of benzene rings is 1. The van der Waals surface area contributed by atoms with Gasteiger partial charge in [-0.05, 0) is 44.7 Å². The molecule has 1 saturated heterocycles. The predicted octanol–water partition coefficient (Wildman–Crippen LogP) is 2.65. The molecule has 0 saturated carbocycles. The van der Waals surface area contributed by atoms with Gasteiger partial charge >= 0.3 is 0 Å². The van der Waals surface area contributed by atoms with Gasteiger partial charge in [-0.3, -0.25) is 0 Å². The number of aliphatic hydroxyl groups is 2. The molecule has 0 bridgehead atoms. The summed E-state index contributed by atoms with van der Waals surface area (Å²) in [5.41, 5.74) is 2.55. The minimum absolute atomic E-state index is 0.0310. The van der Waals surface area contributed by atoms with E-state index in [2.05, 4.69) is 20.3 Å². The van der Waals surface area contributed by atoms with Crippen molar-refractivity contribution in [2.45, 2.75) is 57.4 Å². The second-order valence-corrected chi connectivity index (χ2v) is 12.0. The number of anilines is 1. The molecule has 4 heterocycles. The Bertz CT molecular complexity index is 1450. The molecular weight excluding hydrogens is 511 g/mol. The van der Waals surface area contributed by atoms with Gasteiger partial charge in [0.05, 0.1) is 40.8 Å². The summed E-state index contributed by atoms with van der Waals surface area (Å²) >= 11 is 6.49. The summed E-state index contributed by atoms with van der Waals surface area (Å²) in [7, 11) is -3.40. The highest BCUT2D eigenvalue weighted by atomic mass is 35.5. The normalized spacial score (nSPS) is 23.7. The van der Waals surface area contributed by atoms with E-state index >= 15 is 4.39 Å². The van der Waals surface area contributed by atoms with Crippen LogP contribution in [0.4, 0.5) is 10.3 Å². The number of imidazole rings is 1. The number of sulfonamides is 1. The second kappa shape index (κ2) is 9.18. The number of nitrogens with one attached hydrogen (secondary N) is 1. The molecule has 1 fully saturated rings. The van der Waals surface area contributed by atoms with Gasteiger partial charge in [0.2, 0.25) is 16.0 Å². The molecule has 3 aromatic rings. The molecule has 5 rings (SSSR count). The standard InChI is InChI=1S/C23H28ClFN6O4S/c1-11-4-5-13-14(8-16(25)20-21(13)31(11)22(28-20)12(2)32)19-15(24)9-26-23(29-19)27-17-6-7-30(10-18(17)33)36(3,34)35/h8-9,11-12,17-18,32-33H,4-7,10H2,1-3H3,(H,26,27,29)/t11-,12-,17-,18-/m1/s1. The van der Waals surface area contributed by atoms with Gasteiger partial charge < -0.3 is 20.1 Å². The molecule has 2 aromatic heterocycles. The minimum atomic E-state index is -3.40. The third-order valence-electron chi connectivity index (χ3n) is 7.00. The topological polar surface area (TPSA) is 133 Å². The fraction of sp³-hybridized carbons (Fsp3) is 0.522. The van der Waals surface area contributed by atoms with Gasteiger partial charge in [-0.1, -0.05) is 11.6 Å². The van der Waals surface area contributed by atoms with Crippen LogP contribution in [0.3, 0.4) is 0 Å². The van der Waals surface area contributed by atoms with Gasteiger partial charge in [0.25, 0.3) is 0 Å². The summed E-state index contributed by atoms with van der Waals surface area (Å²) < 4.78 is 42.0.